The molecule has 6 heteroatoms. The van der Waals surface area contributed by atoms with Crippen LogP contribution in [0.3, 0.4) is 0 Å². The molecule has 2 rings (SSSR count). The molecular weight excluding hydrogens is 234 g/mol. The zero-order chi connectivity index (χ0) is 12.8. The number of nitrogens with one attached hydrogen (secondary N) is 2. The fourth-order valence-electron chi connectivity index (χ4n) is 2.29. The molecule has 0 aromatic rings. The summed E-state index contributed by atoms with van der Waals surface area (Å²) in [5.41, 5.74) is 0. The topological polar surface area (TPSA) is 70.7 Å². The summed E-state index contributed by atoms with van der Waals surface area (Å²) in [7, 11) is 0. The Balaban J connectivity index is 1.63. The van der Waals surface area contributed by atoms with Crippen molar-refractivity contribution in [3.05, 3.63) is 0 Å². The van der Waals surface area contributed by atoms with Crippen LogP contribution in [-0.4, -0.2) is 62.1 Å². The lowest BCUT2D eigenvalue weighted by Crippen LogP contribution is -2.46. The maximum atomic E-state index is 11.8. The molecule has 2 aliphatic rings. The summed E-state index contributed by atoms with van der Waals surface area (Å²) in [4.78, 5) is 25.2. The van der Waals surface area contributed by atoms with E-state index in [2.05, 4.69) is 15.5 Å². The van der Waals surface area contributed by atoms with Gasteiger partial charge in [-0.15, -0.1) is 0 Å². The fourth-order valence-corrected chi connectivity index (χ4v) is 2.29. The predicted octanol–water partition coefficient (Wildman–Crippen LogP) is -0.896. The van der Waals surface area contributed by atoms with Crippen LogP contribution in [0.4, 0.5) is 0 Å². The molecule has 0 aromatic carbocycles. The number of hydrogen-bond donors (Lipinski definition) is 2. The molecule has 2 amide bonds. The van der Waals surface area contributed by atoms with Gasteiger partial charge in [0, 0.05) is 45.1 Å². The van der Waals surface area contributed by atoms with Crippen molar-refractivity contribution in [2.45, 2.75) is 25.3 Å². The highest BCUT2D eigenvalue weighted by Gasteiger charge is 2.20. The molecule has 0 saturated carbocycles. The van der Waals surface area contributed by atoms with Crippen LogP contribution in [0.5, 0.6) is 0 Å². The van der Waals surface area contributed by atoms with Gasteiger partial charge in [0.1, 0.15) is 0 Å². The molecule has 2 heterocycles. The van der Waals surface area contributed by atoms with Crippen LogP contribution in [0.2, 0.25) is 0 Å². The second-order valence-corrected chi connectivity index (χ2v) is 4.81. The van der Waals surface area contributed by atoms with E-state index in [1.807, 2.05) is 0 Å². The molecule has 2 N–H and O–H groups in total. The van der Waals surface area contributed by atoms with Gasteiger partial charge in [0.15, 0.2) is 0 Å². The van der Waals surface area contributed by atoms with Gasteiger partial charge in [-0.3, -0.25) is 14.5 Å². The van der Waals surface area contributed by atoms with E-state index in [-0.39, 0.29) is 17.9 Å². The van der Waals surface area contributed by atoms with Gasteiger partial charge in [-0.25, -0.2) is 0 Å². The highest BCUT2D eigenvalue weighted by molar-refractivity contribution is 5.80. The van der Waals surface area contributed by atoms with E-state index in [1.54, 1.807) is 0 Å². The lowest BCUT2D eigenvalue weighted by molar-refractivity contribution is -0.125. The lowest BCUT2D eigenvalue weighted by Gasteiger charge is -2.27. The second kappa shape index (κ2) is 6.70. The highest BCUT2D eigenvalue weighted by atomic mass is 16.5. The summed E-state index contributed by atoms with van der Waals surface area (Å²) in [6.07, 6.45) is 1.73. The standard InChI is InChI=1S/C12H21N3O3/c16-11(2-4-15-5-7-18-8-6-15)14-10-1-3-13-12(17)9-10/h10H,1-9H2,(H,13,17)(H,14,16). The summed E-state index contributed by atoms with van der Waals surface area (Å²) < 4.78 is 5.25. The molecule has 2 fully saturated rings. The van der Waals surface area contributed by atoms with E-state index in [9.17, 15) is 9.59 Å². The van der Waals surface area contributed by atoms with Crippen molar-refractivity contribution in [2.75, 3.05) is 39.4 Å². The maximum Gasteiger partial charge on any atom is 0.222 e. The number of amides is 2. The lowest BCUT2D eigenvalue weighted by atomic mass is 10.1. The Kier molecular flexibility index (Phi) is 4.95. The molecule has 1 unspecified atom stereocenters. The predicted molar refractivity (Wildman–Crippen MR) is 66.1 cm³/mol. The van der Waals surface area contributed by atoms with E-state index in [0.29, 0.717) is 19.4 Å². The monoisotopic (exact) mass is 255 g/mol. The number of rotatable bonds is 4. The number of hydrogen-bond acceptors (Lipinski definition) is 4. The van der Waals surface area contributed by atoms with Crippen molar-refractivity contribution in [2.24, 2.45) is 0 Å². The molecule has 0 aliphatic carbocycles. The zero-order valence-corrected chi connectivity index (χ0v) is 10.6. The quantitative estimate of drug-likeness (QED) is 0.683. The molecule has 0 radical (unpaired) electrons. The smallest absolute Gasteiger partial charge is 0.222 e. The zero-order valence-electron chi connectivity index (χ0n) is 10.6. The molecule has 2 saturated heterocycles. The van der Waals surface area contributed by atoms with E-state index >= 15 is 0 Å². The minimum Gasteiger partial charge on any atom is -0.379 e. The highest BCUT2D eigenvalue weighted by Crippen LogP contribution is 2.04. The average Bonchev–Trinajstić information content (AvgIpc) is 2.38. The van der Waals surface area contributed by atoms with Crippen molar-refractivity contribution in [3.63, 3.8) is 0 Å². The van der Waals surface area contributed by atoms with Gasteiger partial charge in [0.25, 0.3) is 0 Å². The third-order valence-electron chi connectivity index (χ3n) is 3.37. The average molecular weight is 255 g/mol. The van der Waals surface area contributed by atoms with Crippen LogP contribution in [0.1, 0.15) is 19.3 Å². The summed E-state index contributed by atoms with van der Waals surface area (Å²) in [5, 5.41) is 5.69. The third kappa shape index (κ3) is 4.27. The molecule has 18 heavy (non-hydrogen) atoms. The van der Waals surface area contributed by atoms with Gasteiger partial charge in [-0.2, -0.15) is 0 Å². The third-order valence-corrected chi connectivity index (χ3v) is 3.37. The second-order valence-electron chi connectivity index (χ2n) is 4.81. The van der Waals surface area contributed by atoms with Gasteiger partial charge in [0.2, 0.25) is 11.8 Å². The summed E-state index contributed by atoms with van der Waals surface area (Å²) in [6, 6.07) is 0.0101. The van der Waals surface area contributed by atoms with Gasteiger partial charge in [-0.1, -0.05) is 0 Å². The van der Waals surface area contributed by atoms with Crippen LogP contribution in [0, 0.1) is 0 Å². The Hall–Kier alpha value is -1.14. The Morgan fingerprint density at radius 3 is 2.94 bits per heavy atom. The Morgan fingerprint density at radius 1 is 1.44 bits per heavy atom. The van der Waals surface area contributed by atoms with Crippen molar-refractivity contribution >= 4 is 11.8 Å². The maximum absolute atomic E-state index is 11.8. The Labute approximate surface area is 107 Å². The van der Waals surface area contributed by atoms with Crippen LogP contribution >= 0.6 is 0 Å². The largest absolute Gasteiger partial charge is 0.379 e. The first-order chi connectivity index (χ1) is 8.74. The normalized spacial score (nSPS) is 25.6. The summed E-state index contributed by atoms with van der Waals surface area (Å²) >= 11 is 0. The van der Waals surface area contributed by atoms with Crippen molar-refractivity contribution in [1.82, 2.24) is 15.5 Å². The number of carbonyl (C=O) groups is 2. The van der Waals surface area contributed by atoms with E-state index in [0.717, 1.165) is 39.3 Å². The van der Waals surface area contributed by atoms with Crippen molar-refractivity contribution < 1.29 is 14.3 Å². The van der Waals surface area contributed by atoms with Crippen LogP contribution in [0.25, 0.3) is 0 Å². The van der Waals surface area contributed by atoms with E-state index in [1.165, 1.54) is 0 Å². The SMILES string of the molecule is O=C1CC(NC(=O)CCN2CCOCC2)CCN1. The summed E-state index contributed by atoms with van der Waals surface area (Å²) in [5.74, 6) is 0.0703. The molecule has 102 valence electrons. The first-order valence-corrected chi connectivity index (χ1v) is 6.60. The van der Waals surface area contributed by atoms with Gasteiger partial charge in [-0.05, 0) is 6.42 Å². The van der Waals surface area contributed by atoms with E-state index in [4.69, 9.17) is 4.74 Å². The molecular formula is C12H21N3O3. The minimum atomic E-state index is 0.0101. The molecule has 0 bridgehead atoms. The number of carbonyl (C=O) groups excluding carboxylic acids is 2. The van der Waals surface area contributed by atoms with E-state index < -0.39 is 0 Å². The molecule has 2 aliphatic heterocycles. The van der Waals surface area contributed by atoms with Gasteiger partial charge in [0.05, 0.1) is 13.2 Å². The van der Waals surface area contributed by atoms with Crippen molar-refractivity contribution in [3.8, 4) is 0 Å². The number of ether oxygens (including phenoxy) is 1. The van der Waals surface area contributed by atoms with Crippen molar-refractivity contribution in [1.29, 1.82) is 0 Å². The van der Waals surface area contributed by atoms with Gasteiger partial charge >= 0.3 is 0 Å². The molecule has 6 nitrogen and oxygen atoms in total. The fraction of sp³-hybridized carbons (Fsp3) is 0.833. The molecule has 0 spiro atoms. The number of morpholine rings is 1. The number of nitrogens with zero attached hydrogens (tertiary/aromatic N) is 1. The van der Waals surface area contributed by atoms with Crippen LogP contribution in [0.15, 0.2) is 0 Å². The summed E-state index contributed by atoms with van der Waals surface area (Å²) in [6.45, 7) is 4.74. The van der Waals surface area contributed by atoms with Crippen LogP contribution < -0.4 is 10.6 Å². The van der Waals surface area contributed by atoms with Gasteiger partial charge < -0.3 is 15.4 Å². The minimum absolute atomic E-state index is 0.0101. The molecule has 0 aromatic heterocycles. The first-order valence-electron chi connectivity index (χ1n) is 6.60. The first kappa shape index (κ1) is 13.3. The van der Waals surface area contributed by atoms with Crippen LogP contribution in [-0.2, 0) is 14.3 Å². The number of piperidine rings is 1. The molecule has 1 atom stereocenters. The Morgan fingerprint density at radius 2 is 2.22 bits per heavy atom. The Bertz CT molecular complexity index is 303.